The van der Waals surface area contributed by atoms with E-state index in [1.54, 1.807) is 11.8 Å². The predicted molar refractivity (Wildman–Crippen MR) is 97.4 cm³/mol. The third kappa shape index (κ3) is 2.62. The van der Waals surface area contributed by atoms with Gasteiger partial charge < -0.3 is 0 Å². The highest BCUT2D eigenvalue weighted by atomic mass is 32.2. The number of fused-ring (bicyclic) bond motifs is 3. The number of aromatic nitrogens is 2. The summed E-state index contributed by atoms with van der Waals surface area (Å²) in [6.45, 7) is 0.658. The molecule has 3 nitrogen and oxygen atoms in total. The lowest BCUT2D eigenvalue weighted by atomic mass is 9.97. The average molecular weight is 342 g/mol. The van der Waals surface area contributed by atoms with Gasteiger partial charge in [-0.3, -0.25) is 5.41 Å². The number of benzene rings is 1. The van der Waals surface area contributed by atoms with Crippen molar-refractivity contribution in [2.24, 2.45) is 0 Å². The number of thioether (sulfide) groups is 1. The predicted octanol–water partition coefficient (Wildman–Crippen LogP) is 4.23. The molecule has 5 heteroatoms. The molecule has 2 aromatic heterocycles. The third-order valence-electron chi connectivity index (χ3n) is 4.44. The minimum Gasteiger partial charge on any atom is -0.282 e. The van der Waals surface area contributed by atoms with Gasteiger partial charge >= 0.3 is 0 Å². The summed E-state index contributed by atoms with van der Waals surface area (Å²) in [6, 6.07) is 10.3. The first-order valence-corrected chi connectivity index (χ1v) is 10.00. The Balaban J connectivity index is 1.90. The molecule has 0 radical (unpaired) electrons. The fourth-order valence-electron chi connectivity index (χ4n) is 3.30. The van der Waals surface area contributed by atoms with Gasteiger partial charge in [0.25, 0.3) is 0 Å². The van der Waals surface area contributed by atoms with Crippen LogP contribution in [0.1, 0.15) is 28.8 Å². The molecule has 1 aliphatic carbocycles. The smallest absolute Gasteiger partial charge is 0.160 e. The Labute approximate surface area is 143 Å². The Morgan fingerprint density at radius 3 is 2.78 bits per heavy atom. The Hall–Kier alpha value is -1.59. The normalized spacial score (nSPS) is 14.1. The van der Waals surface area contributed by atoms with Crippen molar-refractivity contribution >= 4 is 33.2 Å². The molecule has 0 atom stereocenters. The largest absolute Gasteiger partial charge is 0.282 e. The second-order valence-electron chi connectivity index (χ2n) is 5.92. The number of thiophene rings is 1. The topological polar surface area (TPSA) is 41.7 Å². The Bertz CT molecular complexity index is 909. The fraction of sp³-hybridized carbons (Fsp3) is 0.333. The number of rotatable bonds is 3. The van der Waals surface area contributed by atoms with Crippen molar-refractivity contribution in [1.29, 1.82) is 5.41 Å². The van der Waals surface area contributed by atoms with Crippen LogP contribution in [-0.4, -0.2) is 16.0 Å². The highest BCUT2D eigenvalue weighted by molar-refractivity contribution is 7.98. The van der Waals surface area contributed by atoms with E-state index in [9.17, 15) is 0 Å². The van der Waals surface area contributed by atoms with Gasteiger partial charge in [0, 0.05) is 10.3 Å². The minimum atomic E-state index is 0.557. The summed E-state index contributed by atoms with van der Waals surface area (Å²) in [5.41, 5.74) is 3.21. The lowest BCUT2D eigenvalue weighted by molar-refractivity contribution is 0.604. The van der Waals surface area contributed by atoms with Crippen LogP contribution >= 0.6 is 23.1 Å². The molecule has 118 valence electrons. The van der Waals surface area contributed by atoms with Gasteiger partial charge in [-0.05, 0) is 43.1 Å². The van der Waals surface area contributed by atoms with Crippen molar-refractivity contribution in [2.45, 2.75) is 37.3 Å². The highest BCUT2D eigenvalue weighted by Crippen LogP contribution is 2.38. The molecule has 0 saturated carbocycles. The summed E-state index contributed by atoms with van der Waals surface area (Å²) in [7, 11) is 0. The van der Waals surface area contributed by atoms with Crippen LogP contribution < -0.4 is 5.49 Å². The molecular formula is C18H19N3S2. The average Bonchev–Trinajstić information content (AvgIpc) is 2.98. The van der Waals surface area contributed by atoms with E-state index in [0.29, 0.717) is 12.0 Å². The van der Waals surface area contributed by atoms with Crippen LogP contribution in [0.2, 0.25) is 0 Å². The molecule has 1 aliphatic rings. The lowest BCUT2D eigenvalue weighted by Gasteiger charge is -2.12. The lowest BCUT2D eigenvalue weighted by Crippen LogP contribution is -2.24. The molecule has 0 amide bonds. The quantitative estimate of drug-likeness (QED) is 0.725. The molecule has 0 saturated heterocycles. The molecule has 0 unspecified atom stereocenters. The minimum absolute atomic E-state index is 0.557. The first-order valence-electron chi connectivity index (χ1n) is 7.96. The summed E-state index contributed by atoms with van der Waals surface area (Å²) < 4.78 is 2.97. The van der Waals surface area contributed by atoms with Crippen LogP contribution in [0.3, 0.4) is 0 Å². The number of nitrogens with one attached hydrogen (secondary N) is 1. The second kappa shape index (κ2) is 6.13. The summed E-state index contributed by atoms with van der Waals surface area (Å²) in [5.74, 6) is 0. The molecule has 0 bridgehead atoms. The zero-order valence-electron chi connectivity index (χ0n) is 13.1. The van der Waals surface area contributed by atoms with Gasteiger partial charge in [-0.2, -0.15) is 5.10 Å². The summed E-state index contributed by atoms with van der Waals surface area (Å²) in [5, 5.41) is 15.8. The van der Waals surface area contributed by atoms with Crippen molar-refractivity contribution in [2.75, 3.05) is 6.26 Å². The summed E-state index contributed by atoms with van der Waals surface area (Å²) in [4.78, 5) is 1.48. The second-order valence-corrected chi connectivity index (χ2v) is 7.82. The molecule has 4 rings (SSSR count). The maximum atomic E-state index is 8.64. The molecule has 1 aromatic carbocycles. The molecule has 1 N–H and O–H groups in total. The van der Waals surface area contributed by atoms with E-state index in [1.165, 1.54) is 40.7 Å². The molecule has 0 spiro atoms. The first-order chi connectivity index (χ1) is 11.3. The Morgan fingerprint density at radius 1 is 1.22 bits per heavy atom. The van der Waals surface area contributed by atoms with Gasteiger partial charge in [0.05, 0.1) is 11.2 Å². The first kappa shape index (κ1) is 15.0. The number of hydrogen-bond acceptors (Lipinski definition) is 4. The highest BCUT2D eigenvalue weighted by Gasteiger charge is 2.21. The van der Waals surface area contributed by atoms with Gasteiger partial charge in [0.1, 0.15) is 5.03 Å². The third-order valence-corrected chi connectivity index (χ3v) is 6.41. The van der Waals surface area contributed by atoms with E-state index in [4.69, 9.17) is 10.5 Å². The standard InChI is InChI=1S/C18H19N3S2/c1-22-18-15-13-9-5-6-10-14(13)23-16(15)17(19)21(20-18)11-12-7-3-2-4-8-12/h2-4,7-8,19H,5-6,9-11H2,1H3. The van der Waals surface area contributed by atoms with E-state index < -0.39 is 0 Å². The van der Waals surface area contributed by atoms with Crippen molar-refractivity contribution in [3.8, 4) is 0 Å². The summed E-state index contributed by atoms with van der Waals surface area (Å²) in [6.07, 6.45) is 6.94. The molecular weight excluding hydrogens is 322 g/mol. The van der Waals surface area contributed by atoms with E-state index in [-0.39, 0.29) is 0 Å². The van der Waals surface area contributed by atoms with Crippen molar-refractivity contribution in [3.05, 3.63) is 51.8 Å². The van der Waals surface area contributed by atoms with Crippen LogP contribution in [0.4, 0.5) is 0 Å². The maximum absolute atomic E-state index is 8.64. The van der Waals surface area contributed by atoms with E-state index >= 15 is 0 Å². The van der Waals surface area contributed by atoms with Crippen LogP contribution in [0.15, 0.2) is 35.4 Å². The van der Waals surface area contributed by atoms with E-state index in [1.807, 2.05) is 34.2 Å². The van der Waals surface area contributed by atoms with Gasteiger partial charge in [0.15, 0.2) is 5.49 Å². The van der Waals surface area contributed by atoms with Crippen LogP contribution in [-0.2, 0) is 19.4 Å². The molecule has 2 heterocycles. The zero-order valence-corrected chi connectivity index (χ0v) is 14.8. The maximum Gasteiger partial charge on any atom is 0.160 e. The van der Waals surface area contributed by atoms with Gasteiger partial charge in [-0.15, -0.1) is 23.1 Å². The van der Waals surface area contributed by atoms with E-state index in [2.05, 4.69) is 18.4 Å². The Morgan fingerprint density at radius 2 is 2.00 bits per heavy atom. The monoisotopic (exact) mass is 341 g/mol. The molecule has 3 aromatic rings. The molecule has 23 heavy (non-hydrogen) atoms. The van der Waals surface area contributed by atoms with Crippen molar-refractivity contribution < 1.29 is 0 Å². The molecule has 0 aliphatic heterocycles. The van der Waals surface area contributed by atoms with Crippen molar-refractivity contribution in [1.82, 2.24) is 9.78 Å². The van der Waals surface area contributed by atoms with Crippen molar-refractivity contribution in [3.63, 3.8) is 0 Å². The van der Waals surface area contributed by atoms with Crippen LogP contribution in [0, 0.1) is 5.41 Å². The van der Waals surface area contributed by atoms with Crippen LogP contribution in [0.25, 0.3) is 10.1 Å². The summed E-state index contributed by atoms with van der Waals surface area (Å²) >= 11 is 3.52. The van der Waals surface area contributed by atoms with Gasteiger partial charge in [-0.1, -0.05) is 30.3 Å². The number of nitrogens with zero attached hydrogens (tertiary/aromatic N) is 2. The molecule has 0 fully saturated rings. The SMILES string of the molecule is CSc1nn(Cc2ccccc2)c(=N)c2sc3c(c12)CCCC3. The van der Waals surface area contributed by atoms with Gasteiger partial charge in [0.2, 0.25) is 0 Å². The zero-order chi connectivity index (χ0) is 15.8. The number of hydrogen-bond donors (Lipinski definition) is 1. The fourth-order valence-corrected chi connectivity index (χ4v) is 5.32. The Kier molecular flexibility index (Phi) is 3.99. The van der Waals surface area contributed by atoms with Crippen LogP contribution in [0.5, 0.6) is 0 Å². The van der Waals surface area contributed by atoms with E-state index in [0.717, 1.165) is 16.1 Å². The van der Waals surface area contributed by atoms with Gasteiger partial charge in [-0.25, -0.2) is 4.68 Å². The number of aryl methyl sites for hydroxylation is 2.